The van der Waals surface area contributed by atoms with Crippen molar-refractivity contribution >= 4 is 11.7 Å². The van der Waals surface area contributed by atoms with Crippen molar-refractivity contribution in [3.63, 3.8) is 0 Å². The number of hydrogen-bond acceptors (Lipinski definition) is 5. The summed E-state index contributed by atoms with van der Waals surface area (Å²) in [5, 5.41) is 10.8. The molecule has 0 aliphatic rings. The number of aryl methyl sites for hydroxylation is 1. The summed E-state index contributed by atoms with van der Waals surface area (Å²) in [5.41, 5.74) is -0.839. The van der Waals surface area contributed by atoms with E-state index in [-0.39, 0.29) is 6.61 Å². The molecule has 7 heteroatoms. The van der Waals surface area contributed by atoms with Gasteiger partial charge in [-0.15, -0.1) is 0 Å². The molecule has 0 spiro atoms. The normalized spacial score (nSPS) is 11.9. The summed E-state index contributed by atoms with van der Waals surface area (Å²) in [6.07, 6.45) is 0.995. The van der Waals surface area contributed by atoms with Crippen LogP contribution in [-0.2, 0) is 9.53 Å². The molecular formula is C13H18N2O5. The van der Waals surface area contributed by atoms with Crippen LogP contribution in [0.1, 0.15) is 38.4 Å². The molecule has 1 heterocycles. The SMILES string of the molecule is CCCOC(=O)C(CC)n1c(C)ccc([N+](=O)[O-])c1=O. The lowest BCUT2D eigenvalue weighted by Gasteiger charge is -2.19. The van der Waals surface area contributed by atoms with Crippen LogP contribution in [0.15, 0.2) is 16.9 Å². The summed E-state index contributed by atoms with van der Waals surface area (Å²) >= 11 is 0. The number of nitrogens with zero attached hydrogens (tertiary/aromatic N) is 2. The number of nitro groups is 1. The van der Waals surface area contributed by atoms with Crippen molar-refractivity contribution in [2.24, 2.45) is 0 Å². The number of carbonyl (C=O) groups excluding carboxylic acids is 1. The van der Waals surface area contributed by atoms with Crippen LogP contribution >= 0.6 is 0 Å². The maximum atomic E-state index is 12.1. The number of rotatable bonds is 6. The highest BCUT2D eigenvalue weighted by molar-refractivity contribution is 5.74. The summed E-state index contributed by atoms with van der Waals surface area (Å²) in [4.78, 5) is 34.2. The predicted molar refractivity (Wildman–Crippen MR) is 72.7 cm³/mol. The topological polar surface area (TPSA) is 91.4 Å². The van der Waals surface area contributed by atoms with Crippen LogP contribution in [0.25, 0.3) is 0 Å². The number of pyridine rings is 1. The number of hydrogen-bond donors (Lipinski definition) is 0. The molecule has 1 rings (SSSR count). The smallest absolute Gasteiger partial charge is 0.334 e. The van der Waals surface area contributed by atoms with Gasteiger partial charge >= 0.3 is 17.2 Å². The Labute approximate surface area is 116 Å². The first-order valence-electron chi connectivity index (χ1n) is 6.47. The van der Waals surface area contributed by atoms with Crippen molar-refractivity contribution in [2.45, 2.75) is 39.7 Å². The highest BCUT2D eigenvalue weighted by Crippen LogP contribution is 2.16. The minimum atomic E-state index is -0.839. The summed E-state index contributed by atoms with van der Waals surface area (Å²) in [7, 11) is 0. The molecule has 0 saturated carbocycles. The molecule has 1 atom stereocenters. The minimum absolute atomic E-state index is 0.262. The Kier molecular flexibility index (Phi) is 5.42. The zero-order valence-corrected chi connectivity index (χ0v) is 11.8. The van der Waals surface area contributed by atoms with Crippen LogP contribution in [0, 0.1) is 17.0 Å². The van der Waals surface area contributed by atoms with Crippen molar-refractivity contribution < 1.29 is 14.5 Å². The van der Waals surface area contributed by atoms with Gasteiger partial charge in [0.25, 0.3) is 0 Å². The van der Waals surface area contributed by atoms with E-state index in [9.17, 15) is 19.7 Å². The van der Waals surface area contributed by atoms with Gasteiger partial charge in [-0.05, 0) is 25.8 Å². The highest BCUT2D eigenvalue weighted by atomic mass is 16.6. The van der Waals surface area contributed by atoms with Crippen LogP contribution in [0.3, 0.4) is 0 Å². The number of esters is 1. The average molecular weight is 282 g/mol. The van der Waals surface area contributed by atoms with Gasteiger partial charge in [0.15, 0.2) is 0 Å². The minimum Gasteiger partial charge on any atom is -0.464 e. The monoisotopic (exact) mass is 282 g/mol. The fourth-order valence-electron chi connectivity index (χ4n) is 1.91. The van der Waals surface area contributed by atoms with Gasteiger partial charge in [-0.3, -0.25) is 19.5 Å². The van der Waals surface area contributed by atoms with E-state index >= 15 is 0 Å². The standard InChI is InChI=1S/C13H18N2O5/c1-4-8-20-13(17)10(5-2)14-9(3)6-7-11(12(14)16)15(18)19/h6-7,10H,4-5,8H2,1-3H3. The van der Waals surface area contributed by atoms with Gasteiger partial charge in [-0.25, -0.2) is 4.79 Å². The molecule has 1 aromatic rings. The van der Waals surface area contributed by atoms with E-state index in [1.807, 2.05) is 6.92 Å². The maximum absolute atomic E-state index is 12.1. The molecule has 0 aliphatic carbocycles. The molecule has 1 unspecified atom stereocenters. The van der Waals surface area contributed by atoms with Crippen molar-refractivity contribution in [3.05, 3.63) is 38.3 Å². The number of ether oxygens (including phenoxy) is 1. The van der Waals surface area contributed by atoms with Crippen LogP contribution < -0.4 is 5.56 Å². The Hall–Kier alpha value is -2.18. The summed E-state index contributed by atoms with van der Waals surface area (Å²) < 4.78 is 6.18. The largest absolute Gasteiger partial charge is 0.464 e. The second kappa shape index (κ2) is 6.83. The molecule has 0 amide bonds. The van der Waals surface area contributed by atoms with Crippen LogP contribution in [-0.4, -0.2) is 22.1 Å². The van der Waals surface area contributed by atoms with E-state index in [4.69, 9.17) is 4.74 Å². The lowest BCUT2D eigenvalue weighted by molar-refractivity contribution is -0.386. The van der Waals surface area contributed by atoms with E-state index in [2.05, 4.69) is 0 Å². The third-order valence-corrected chi connectivity index (χ3v) is 2.92. The molecule has 7 nitrogen and oxygen atoms in total. The van der Waals surface area contributed by atoms with E-state index in [0.717, 1.165) is 10.6 Å². The van der Waals surface area contributed by atoms with Crippen molar-refractivity contribution in [1.82, 2.24) is 4.57 Å². The van der Waals surface area contributed by atoms with Crippen molar-refractivity contribution in [1.29, 1.82) is 0 Å². The molecule has 0 saturated heterocycles. The zero-order valence-electron chi connectivity index (χ0n) is 11.8. The molecule has 0 bridgehead atoms. The van der Waals surface area contributed by atoms with Crippen LogP contribution in [0.5, 0.6) is 0 Å². The third-order valence-electron chi connectivity index (χ3n) is 2.92. The second-order valence-corrected chi connectivity index (χ2v) is 4.38. The quantitative estimate of drug-likeness (QED) is 0.452. The Morgan fingerprint density at radius 2 is 2.10 bits per heavy atom. The van der Waals surface area contributed by atoms with Gasteiger partial charge in [0, 0.05) is 11.8 Å². The summed E-state index contributed by atoms with van der Waals surface area (Å²) in [5.74, 6) is -0.542. The molecule has 0 fully saturated rings. The maximum Gasteiger partial charge on any atom is 0.334 e. The lowest BCUT2D eigenvalue weighted by Crippen LogP contribution is -2.33. The van der Waals surface area contributed by atoms with Gasteiger partial charge in [-0.1, -0.05) is 13.8 Å². The fourth-order valence-corrected chi connectivity index (χ4v) is 1.91. The molecule has 0 radical (unpaired) electrons. The van der Waals surface area contributed by atoms with E-state index in [1.165, 1.54) is 6.07 Å². The Morgan fingerprint density at radius 3 is 2.60 bits per heavy atom. The lowest BCUT2D eigenvalue weighted by atomic mass is 10.2. The Bertz CT molecular complexity index is 564. The fraction of sp³-hybridized carbons (Fsp3) is 0.538. The molecule has 20 heavy (non-hydrogen) atoms. The highest BCUT2D eigenvalue weighted by Gasteiger charge is 2.26. The van der Waals surface area contributed by atoms with Gasteiger partial charge in [-0.2, -0.15) is 0 Å². The second-order valence-electron chi connectivity index (χ2n) is 4.38. The number of carbonyl (C=O) groups is 1. The molecule has 110 valence electrons. The number of aromatic nitrogens is 1. The van der Waals surface area contributed by atoms with E-state index < -0.39 is 28.2 Å². The van der Waals surface area contributed by atoms with Gasteiger partial charge in [0.2, 0.25) is 0 Å². The molecule has 0 aliphatic heterocycles. The summed E-state index contributed by atoms with van der Waals surface area (Å²) in [6.45, 7) is 5.47. The first-order valence-corrected chi connectivity index (χ1v) is 6.47. The predicted octanol–water partition coefficient (Wildman–Crippen LogP) is 1.97. The molecular weight excluding hydrogens is 264 g/mol. The molecule has 0 N–H and O–H groups in total. The summed E-state index contributed by atoms with van der Waals surface area (Å²) in [6, 6.07) is 1.77. The Morgan fingerprint density at radius 1 is 1.45 bits per heavy atom. The molecule has 0 aromatic carbocycles. The zero-order chi connectivity index (χ0) is 15.3. The van der Waals surface area contributed by atoms with Crippen LogP contribution in [0.4, 0.5) is 5.69 Å². The van der Waals surface area contributed by atoms with Gasteiger partial charge < -0.3 is 4.74 Å². The first-order chi connectivity index (χ1) is 9.43. The third kappa shape index (κ3) is 3.23. The van der Waals surface area contributed by atoms with E-state index in [0.29, 0.717) is 18.5 Å². The van der Waals surface area contributed by atoms with Gasteiger partial charge in [0.1, 0.15) is 6.04 Å². The average Bonchev–Trinajstić information content (AvgIpc) is 2.40. The Balaban J connectivity index is 3.28. The first kappa shape index (κ1) is 15.9. The van der Waals surface area contributed by atoms with Crippen molar-refractivity contribution in [2.75, 3.05) is 6.61 Å². The van der Waals surface area contributed by atoms with E-state index in [1.54, 1.807) is 13.8 Å². The van der Waals surface area contributed by atoms with Crippen LogP contribution in [0.2, 0.25) is 0 Å². The molecule has 1 aromatic heterocycles. The van der Waals surface area contributed by atoms with Crippen molar-refractivity contribution in [3.8, 4) is 0 Å². The van der Waals surface area contributed by atoms with Gasteiger partial charge in [0.05, 0.1) is 11.5 Å².